The van der Waals surface area contributed by atoms with Gasteiger partial charge in [0.15, 0.2) is 0 Å². The Kier molecular flexibility index (Phi) is 3.00. The maximum absolute atomic E-state index is 13.3. The maximum Gasteiger partial charge on any atom is 0.127 e. The van der Waals surface area contributed by atoms with Gasteiger partial charge >= 0.3 is 0 Å². The van der Waals surface area contributed by atoms with E-state index in [1.54, 1.807) is 6.07 Å². The van der Waals surface area contributed by atoms with Gasteiger partial charge in [-0.05, 0) is 37.3 Å². The van der Waals surface area contributed by atoms with Crippen molar-refractivity contribution < 1.29 is 4.39 Å². The van der Waals surface area contributed by atoms with E-state index in [0.717, 1.165) is 11.4 Å². The number of benzene rings is 2. The van der Waals surface area contributed by atoms with Gasteiger partial charge in [-0.15, -0.1) is 0 Å². The molecule has 2 aromatic rings. The topological polar surface area (TPSA) is 29.3 Å². The number of halogens is 1. The van der Waals surface area contributed by atoms with Gasteiger partial charge in [-0.2, -0.15) is 0 Å². The van der Waals surface area contributed by atoms with Crippen LogP contribution >= 0.6 is 0 Å². The average molecular weight is 230 g/mol. The highest BCUT2D eigenvalue weighted by atomic mass is 19.1. The molecule has 0 amide bonds. The molecule has 0 heterocycles. The van der Waals surface area contributed by atoms with Crippen LogP contribution in [0.25, 0.3) is 0 Å². The van der Waals surface area contributed by atoms with Gasteiger partial charge in [0, 0.05) is 24.1 Å². The Morgan fingerprint density at radius 2 is 1.65 bits per heavy atom. The van der Waals surface area contributed by atoms with E-state index in [1.165, 1.54) is 17.7 Å². The van der Waals surface area contributed by atoms with E-state index in [0.29, 0.717) is 5.69 Å². The van der Waals surface area contributed by atoms with E-state index in [-0.39, 0.29) is 5.82 Å². The Hall–Kier alpha value is -2.03. The highest BCUT2D eigenvalue weighted by molar-refractivity contribution is 5.66. The molecule has 88 valence electrons. The number of anilines is 3. The highest BCUT2D eigenvalue weighted by Gasteiger charge is 2.06. The fourth-order valence-corrected chi connectivity index (χ4v) is 1.71. The van der Waals surface area contributed by atoms with Crippen molar-refractivity contribution in [3.63, 3.8) is 0 Å². The van der Waals surface area contributed by atoms with E-state index in [4.69, 9.17) is 5.73 Å². The van der Waals surface area contributed by atoms with Crippen LogP contribution in [0.5, 0.6) is 0 Å². The number of nitrogens with zero attached hydrogens (tertiary/aromatic N) is 1. The zero-order chi connectivity index (χ0) is 12.4. The Balaban J connectivity index is 2.36. The van der Waals surface area contributed by atoms with Gasteiger partial charge in [-0.25, -0.2) is 4.39 Å². The Labute approximate surface area is 100 Å². The lowest BCUT2D eigenvalue weighted by molar-refractivity contribution is 0.628. The quantitative estimate of drug-likeness (QED) is 0.800. The van der Waals surface area contributed by atoms with Gasteiger partial charge in [-0.3, -0.25) is 0 Å². The van der Waals surface area contributed by atoms with Crippen LogP contribution in [0, 0.1) is 12.7 Å². The van der Waals surface area contributed by atoms with Crippen LogP contribution in [0.3, 0.4) is 0 Å². The monoisotopic (exact) mass is 230 g/mol. The predicted molar refractivity (Wildman–Crippen MR) is 70.1 cm³/mol. The summed E-state index contributed by atoms with van der Waals surface area (Å²) < 4.78 is 13.3. The second kappa shape index (κ2) is 4.45. The van der Waals surface area contributed by atoms with Crippen LogP contribution in [0.2, 0.25) is 0 Å². The molecular formula is C14H15FN2. The predicted octanol–water partition coefficient (Wildman–Crippen LogP) is 3.48. The minimum absolute atomic E-state index is 0.320. The minimum Gasteiger partial charge on any atom is -0.399 e. The molecule has 0 bridgehead atoms. The van der Waals surface area contributed by atoms with Crippen molar-refractivity contribution in [3.8, 4) is 0 Å². The second-order valence-electron chi connectivity index (χ2n) is 4.14. The maximum atomic E-state index is 13.3. The molecule has 0 atom stereocenters. The van der Waals surface area contributed by atoms with Crippen LogP contribution in [0.4, 0.5) is 21.5 Å². The lowest BCUT2D eigenvalue weighted by atomic mass is 10.2. The van der Waals surface area contributed by atoms with E-state index in [2.05, 4.69) is 0 Å². The first kappa shape index (κ1) is 11.5. The van der Waals surface area contributed by atoms with Crippen LogP contribution in [0.1, 0.15) is 5.56 Å². The molecule has 2 aromatic carbocycles. The molecule has 0 saturated heterocycles. The Morgan fingerprint density at radius 3 is 2.24 bits per heavy atom. The van der Waals surface area contributed by atoms with Gasteiger partial charge in [0.25, 0.3) is 0 Å². The third-order valence-electron chi connectivity index (χ3n) is 2.71. The van der Waals surface area contributed by atoms with Gasteiger partial charge in [0.2, 0.25) is 0 Å². The summed E-state index contributed by atoms with van der Waals surface area (Å²) >= 11 is 0. The molecule has 2 N–H and O–H groups in total. The van der Waals surface area contributed by atoms with Crippen LogP contribution < -0.4 is 10.6 Å². The number of hydrogen-bond donors (Lipinski definition) is 1. The first-order valence-electron chi connectivity index (χ1n) is 5.43. The summed E-state index contributed by atoms with van der Waals surface area (Å²) in [7, 11) is 1.89. The number of hydrogen-bond acceptors (Lipinski definition) is 2. The molecular weight excluding hydrogens is 215 g/mol. The highest BCUT2D eigenvalue weighted by Crippen LogP contribution is 2.26. The van der Waals surface area contributed by atoms with E-state index < -0.39 is 0 Å². The molecule has 0 radical (unpaired) electrons. The summed E-state index contributed by atoms with van der Waals surface area (Å²) in [4.78, 5) is 1.90. The van der Waals surface area contributed by atoms with Crippen molar-refractivity contribution in [2.24, 2.45) is 0 Å². The van der Waals surface area contributed by atoms with E-state index in [9.17, 15) is 4.39 Å². The summed E-state index contributed by atoms with van der Waals surface area (Å²) in [5.74, 6) is -0.320. The van der Waals surface area contributed by atoms with Crippen molar-refractivity contribution in [3.05, 3.63) is 53.8 Å². The van der Waals surface area contributed by atoms with Crippen LogP contribution in [-0.4, -0.2) is 7.05 Å². The van der Waals surface area contributed by atoms with Gasteiger partial charge < -0.3 is 10.6 Å². The van der Waals surface area contributed by atoms with Crippen molar-refractivity contribution in [1.82, 2.24) is 0 Å². The van der Waals surface area contributed by atoms with Gasteiger partial charge in [0.05, 0.1) is 0 Å². The molecule has 0 fully saturated rings. The molecule has 0 spiro atoms. The minimum atomic E-state index is -0.320. The van der Waals surface area contributed by atoms with E-state index in [1.807, 2.05) is 43.1 Å². The Morgan fingerprint density at radius 1 is 1.00 bits per heavy atom. The normalized spacial score (nSPS) is 10.3. The number of rotatable bonds is 2. The molecule has 0 aliphatic carbocycles. The molecule has 0 aliphatic heterocycles. The molecule has 0 aliphatic rings. The van der Waals surface area contributed by atoms with Crippen molar-refractivity contribution in [2.45, 2.75) is 6.92 Å². The molecule has 2 rings (SSSR count). The van der Waals surface area contributed by atoms with Gasteiger partial charge in [0.1, 0.15) is 5.82 Å². The lowest BCUT2D eigenvalue weighted by Crippen LogP contribution is -2.10. The van der Waals surface area contributed by atoms with Crippen molar-refractivity contribution in [2.75, 3.05) is 17.7 Å². The van der Waals surface area contributed by atoms with E-state index >= 15 is 0 Å². The standard InChI is InChI=1S/C14H15FN2/c1-10-3-5-13(6-4-10)17(2)14-8-11(15)7-12(16)9-14/h3-9H,16H2,1-2H3. The SMILES string of the molecule is Cc1ccc(N(C)c2cc(N)cc(F)c2)cc1. The van der Waals surface area contributed by atoms with Crippen LogP contribution in [0.15, 0.2) is 42.5 Å². The molecule has 3 heteroatoms. The molecule has 0 aromatic heterocycles. The summed E-state index contributed by atoms with van der Waals surface area (Å²) in [6, 6.07) is 12.6. The zero-order valence-electron chi connectivity index (χ0n) is 9.94. The fraction of sp³-hybridized carbons (Fsp3) is 0.143. The van der Waals surface area contributed by atoms with Crippen molar-refractivity contribution >= 4 is 17.1 Å². The third-order valence-corrected chi connectivity index (χ3v) is 2.71. The number of nitrogens with two attached hydrogens (primary N) is 1. The smallest absolute Gasteiger partial charge is 0.127 e. The van der Waals surface area contributed by atoms with Gasteiger partial charge in [-0.1, -0.05) is 17.7 Å². The molecule has 17 heavy (non-hydrogen) atoms. The second-order valence-corrected chi connectivity index (χ2v) is 4.14. The first-order valence-corrected chi connectivity index (χ1v) is 5.43. The Bertz CT molecular complexity index is 500. The fourth-order valence-electron chi connectivity index (χ4n) is 1.71. The third kappa shape index (κ3) is 2.56. The first-order chi connectivity index (χ1) is 8.06. The summed E-state index contributed by atoms with van der Waals surface area (Å²) in [5, 5.41) is 0. The van der Waals surface area contributed by atoms with Crippen LogP contribution in [-0.2, 0) is 0 Å². The summed E-state index contributed by atoms with van der Waals surface area (Å²) in [6.07, 6.45) is 0. The number of nitrogen functional groups attached to an aromatic ring is 1. The molecule has 2 nitrogen and oxygen atoms in total. The molecule has 0 unspecified atom stereocenters. The lowest BCUT2D eigenvalue weighted by Gasteiger charge is -2.20. The summed E-state index contributed by atoms with van der Waals surface area (Å²) in [5.41, 5.74) is 9.00. The van der Waals surface area contributed by atoms with Crippen molar-refractivity contribution in [1.29, 1.82) is 0 Å². The average Bonchev–Trinajstić information content (AvgIpc) is 2.28. The summed E-state index contributed by atoms with van der Waals surface area (Å²) in [6.45, 7) is 2.03. The zero-order valence-corrected chi connectivity index (χ0v) is 9.94. The molecule has 0 saturated carbocycles. The number of aryl methyl sites for hydroxylation is 1. The largest absolute Gasteiger partial charge is 0.399 e.